The summed E-state index contributed by atoms with van der Waals surface area (Å²) in [5, 5.41) is 4.24. The first-order valence-corrected chi connectivity index (χ1v) is 6.93. The van der Waals surface area contributed by atoms with Gasteiger partial charge in [0.2, 0.25) is 0 Å². The first-order chi connectivity index (χ1) is 10.1. The van der Waals surface area contributed by atoms with Gasteiger partial charge in [-0.15, -0.1) is 0 Å². The Balaban J connectivity index is 1.90. The van der Waals surface area contributed by atoms with Crippen LogP contribution in [0.2, 0.25) is 5.02 Å². The Morgan fingerprint density at radius 1 is 1.33 bits per heavy atom. The third-order valence-electron chi connectivity index (χ3n) is 3.61. The van der Waals surface area contributed by atoms with Crippen molar-refractivity contribution >= 4 is 28.4 Å². The van der Waals surface area contributed by atoms with Crippen LogP contribution in [-0.2, 0) is 20.6 Å². The molecule has 6 heteroatoms. The zero-order valence-electron chi connectivity index (χ0n) is 11.8. The van der Waals surface area contributed by atoms with Gasteiger partial charge in [-0.3, -0.25) is 4.79 Å². The van der Waals surface area contributed by atoms with Gasteiger partial charge in [-0.25, -0.2) is 4.98 Å². The van der Waals surface area contributed by atoms with E-state index < -0.39 is 0 Å². The van der Waals surface area contributed by atoms with Crippen molar-refractivity contribution in [3.05, 3.63) is 53.2 Å². The van der Waals surface area contributed by atoms with Gasteiger partial charge in [0.05, 0.1) is 23.6 Å². The maximum Gasteiger partial charge on any atom is 0.269 e. The molecule has 2 heterocycles. The van der Waals surface area contributed by atoms with Crippen LogP contribution in [0.5, 0.6) is 0 Å². The van der Waals surface area contributed by atoms with Crippen LogP contribution in [0.1, 0.15) is 16.2 Å². The summed E-state index contributed by atoms with van der Waals surface area (Å²) in [5.74, 6) is -0.195. The van der Waals surface area contributed by atoms with Crippen molar-refractivity contribution in [2.45, 2.75) is 6.54 Å². The molecule has 3 rings (SSSR count). The minimum Gasteiger partial charge on any atom is -0.345 e. The Morgan fingerprint density at radius 3 is 2.76 bits per heavy atom. The number of nitrogens with one attached hydrogen (secondary N) is 1. The van der Waals surface area contributed by atoms with E-state index in [1.165, 1.54) is 0 Å². The molecule has 1 aromatic carbocycles. The number of nitrogens with zero attached hydrogens (tertiary/aromatic N) is 3. The number of hydrogen-bond acceptors (Lipinski definition) is 2. The van der Waals surface area contributed by atoms with Gasteiger partial charge in [0.15, 0.2) is 0 Å². The van der Waals surface area contributed by atoms with E-state index in [0.717, 1.165) is 16.6 Å². The van der Waals surface area contributed by atoms with E-state index in [9.17, 15) is 4.79 Å². The number of carbonyl (C=O) groups excluding carboxylic acids is 1. The van der Waals surface area contributed by atoms with E-state index >= 15 is 0 Å². The molecule has 3 aromatic rings. The Labute approximate surface area is 127 Å². The van der Waals surface area contributed by atoms with Crippen molar-refractivity contribution in [3.8, 4) is 0 Å². The number of benzene rings is 1. The standard InChI is InChI=1S/C15H15ClN4O/c1-19-9-17-7-10(19)8-18-15(21)14-13(16)11-5-3-4-6-12(11)20(14)2/h3-7,9H,8H2,1-2H3,(H,18,21). The number of rotatable bonds is 3. The molecule has 0 aliphatic heterocycles. The van der Waals surface area contributed by atoms with Gasteiger partial charge in [-0.2, -0.15) is 0 Å². The van der Waals surface area contributed by atoms with Crippen molar-refractivity contribution in [2.24, 2.45) is 14.1 Å². The number of carbonyl (C=O) groups is 1. The third kappa shape index (κ3) is 2.29. The molecule has 0 aliphatic carbocycles. The summed E-state index contributed by atoms with van der Waals surface area (Å²) in [6, 6.07) is 7.69. The fourth-order valence-electron chi connectivity index (χ4n) is 2.41. The molecule has 0 radical (unpaired) electrons. The average molecular weight is 303 g/mol. The predicted molar refractivity (Wildman–Crippen MR) is 82.3 cm³/mol. The number of hydrogen-bond donors (Lipinski definition) is 1. The number of imidazole rings is 1. The smallest absolute Gasteiger partial charge is 0.269 e. The normalized spacial score (nSPS) is 11.0. The minimum absolute atomic E-state index is 0.195. The minimum atomic E-state index is -0.195. The Morgan fingerprint density at radius 2 is 2.10 bits per heavy atom. The van der Waals surface area contributed by atoms with Gasteiger partial charge in [0, 0.05) is 31.2 Å². The molecule has 2 aromatic heterocycles. The highest BCUT2D eigenvalue weighted by molar-refractivity contribution is 6.38. The molecule has 0 saturated heterocycles. The molecule has 0 aliphatic rings. The second-order valence-electron chi connectivity index (χ2n) is 4.92. The largest absolute Gasteiger partial charge is 0.345 e. The molecular formula is C15H15ClN4O. The van der Waals surface area contributed by atoms with Crippen LogP contribution in [0.25, 0.3) is 10.9 Å². The van der Waals surface area contributed by atoms with Crippen molar-refractivity contribution in [1.29, 1.82) is 0 Å². The van der Waals surface area contributed by atoms with Crippen LogP contribution >= 0.6 is 11.6 Å². The van der Waals surface area contributed by atoms with E-state index in [0.29, 0.717) is 17.3 Å². The lowest BCUT2D eigenvalue weighted by molar-refractivity contribution is 0.0942. The topological polar surface area (TPSA) is 51.9 Å². The summed E-state index contributed by atoms with van der Waals surface area (Å²) in [4.78, 5) is 16.4. The van der Waals surface area contributed by atoms with E-state index in [1.54, 1.807) is 12.5 Å². The number of para-hydroxylation sites is 1. The first kappa shape index (κ1) is 13.7. The first-order valence-electron chi connectivity index (χ1n) is 6.56. The van der Waals surface area contributed by atoms with Crippen molar-refractivity contribution < 1.29 is 4.79 Å². The second-order valence-corrected chi connectivity index (χ2v) is 5.30. The predicted octanol–water partition coefficient (Wildman–Crippen LogP) is 2.50. The summed E-state index contributed by atoms with van der Waals surface area (Å²) in [6.45, 7) is 0.410. The van der Waals surface area contributed by atoms with E-state index in [4.69, 9.17) is 11.6 Å². The highest BCUT2D eigenvalue weighted by Gasteiger charge is 2.19. The van der Waals surface area contributed by atoms with Crippen molar-refractivity contribution in [1.82, 2.24) is 19.4 Å². The molecular weight excluding hydrogens is 288 g/mol. The summed E-state index contributed by atoms with van der Waals surface area (Å²) < 4.78 is 3.68. The van der Waals surface area contributed by atoms with Crippen LogP contribution in [-0.4, -0.2) is 20.0 Å². The zero-order chi connectivity index (χ0) is 15.0. The van der Waals surface area contributed by atoms with Gasteiger partial charge < -0.3 is 14.5 Å². The molecule has 0 spiro atoms. The molecule has 0 saturated carbocycles. The lowest BCUT2D eigenvalue weighted by Gasteiger charge is -2.07. The van der Waals surface area contributed by atoms with Gasteiger partial charge in [0.1, 0.15) is 5.69 Å². The van der Waals surface area contributed by atoms with Crippen LogP contribution in [0.3, 0.4) is 0 Å². The van der Waals surface area contributed by atoms with Crippen LogP contribution in [0.4, 0.5) is 0 Å². The quantitative estimate of drug-likeness (QED) is 0.808. The maximum absolute atomic E-state index is 12.4. The summed E-state index contributed by atoms with van der Waals surface area (Å²) in [7, 11) is 3.73. The van der Waals surface area contributed by atoms with Gasteiger partial charge in [0.25, 0.3) is 5.91 Å². The fourth-order valence-corrected chi connectivity index (χ4v) is 2.78. The van der Waals surface area contributed by atoms with Crippen LogP contribution < -0.4 is 5.32 Å². The third-order valence-corrected chi connectivity index (χ3v) is 3.99. The molecule has 1 N–H and O–H groups in total. The molecule has 1 amide bonds. The van der Waals surface area contributed by atoms with E-state index in [-0.39, 0.29) is 5.91 Å². The Bertz CT molecular complexity index is 779. The maximum atomic E-state index is 12.4. The Kier molecular flexibility index (Phi) is 3.43. The monoisotopic (exact) mass is 302 g/mol. The number of aryl methyl sites for hydroxylation is 2. The van der Waals surface area contributed by atoms with Gasteiger partial charge in [-0.1, -0.05) is 29.8 Å². The van der Waals surface area contributed by atoms with E-state index in [1.807, 2.05) is 47.5 Å². The molecule has 0 bridgehead atoms. The molecule has 108 valence electrons. The lowest BCUT2D eigenvalue weighted by atomic mass is 10.2. The average Bonchev–Trinajstić information content (AvgIpc) is 3.00. The van der Waals surface area contributed by atoms with Crippen molar-refractivity contribution in [2.75, 3.05) is 0 Å². The summed E-state index contributed by atoms with van der Waals surface area (Å²) in [6.07, 6.45) is 3.43. The lowest BCUT2D eigenvalue weighted by Crippen LogP contribution is -2.26. The van der Waals surface area contributed by atoms with Crippen molar-refractivity contribution in [3.63, 3.8) is 0 Å². The number of amides is 1. The molecule has 5 nitrogen and oxygen atoms in total. The molecule has 0 atom stereocenters. The van der Waals surface area contributed by atoms with Crippen LogP contribution in [0.15, 0.2) is 36.8 Å². The highest BCUT2D eigenvalue weighted by Crippen LogP contribution is 2.29. The van der Waals surface area contributed by atoms with Crippen LogP contribution in [0, 0.1) is 0 Å². The summed E-state index contributed by atoms with van der Waals surface area (Å²) >= 11 is 6.35. The van der Waals surface area contributed by atoms with Gasteiger partial charge >= 0.3 is 0 Å². The molecule has 0 unspecified atom stereocenters. The second kappa shape index (κ2) is 5.26. The number of halogens is 1. The fraction of sp³-hybridized carbons (Fsp3) is 0.200. The molecule has 21 heavy (non-hydrogen) atoms. The van der Waals surface area contributed by atoms with E-state index in [2.05, 4.69) is 10.3 Å². The Hall–Kier alpha value is -2.27. The van der Waals surface area contributed by atoms with Gasteiger partial charge in [-0.05, 0) is 6.07 Å². The molecule has 0 fully saturated rings. The summed E-state index contributed by atoms with van der Waals surface area (Å²) in [5.41, 5.74) is 2.34. The number of aromatic nitrogens is 3. The number of fused-ring (bicyclic) bond motifs is 1. The highest BCUT2D eigenvalue weighted by atomic mass is 35.5. The zero-order valence-corrected chi connectivity index (χ0v) is 12.6. The SMILES string of the molecule is Cn1cncc1CNC(=O)c1c(Cl)c2ccccc2n1C.